The first kappa shape index (κ1) is 12.7. The summed E-state index contributed by atoms with van der Waals surface area (Å²) in [5, 5.41) is 12.3. The van der Waals surface area contributed by atoms with E-state index in [4.69, 9.17) is 5.11 Å². The number of Topliss-reactive ketones (excluding diaryl/α,β-unsaturated/α-hetero) is 1. The van der Waals surface area contributed by atoms with Gasteiger partial charge >= 0.3 is 0 Å². The number of nitrogens with one attached hydrogen (secondary N) is 1. The number of carbonyl (C=O) groups is 1. The van der Waals surface area contributed by atoms with Gasteiger partial charge in [-0.15, -0.1) is 0 Å². The average molecular weight is 221 g/mol. The van der Waals surface area contributed by atoms with E-state index in [9.17, 15) is 4.79 Å². The standard InChI is InChI=1S/C13H19NO2/c1-10(16)11-5-4-6-12(7-11)14-8-13(2,3)9-15/h4-7,14-15H,8-9H2,1-3H3. The lowest BCUT2D eigenvalue weighted by Gasteiger charge is -2.22. The van der Waals surface area contributed by atoms with Gasteiger partial charge in [0, 0.05) is 29.8 Å². The molecule has 0 radical (unpaired) electrons. The average Bonchev–Trinajstić information content (AvgIpc) is 2.27. The summed E-state index contributed by atoms with van der Waals surface area (Å²) in [6.45, 7) is 6.32. The lowest BCUT2D eigenvalue weighted by atomic mass is 9.95. The van der Waals surface area contributed by atoms with Crippen molar-refractivity contribution in [3.63, 3.8) is 0 Å². The molecule has 0 aliphatic carbocycles. The van der Waals surface area contributed by atoms with Gasteiger partial charge in [-0.2, -0.15) is 0 Å². The normalized spacial score (nSPS) is 11.2. The molecule has 0 bridgehead atoms. The number of rotatable bonds is 5. The van der Waals surface area contributed by atoms with Gasteiger partial charge in [0.15, 0.2) is 5.78 Å². The molecule has 0 unspecified atom stereocenters. The predicted octanol–water partition coefficient (Wildman–Crippen LogP) is 2.32. The van der Waals surface area contributed by atoms with E-state index in [0.29, 0.717) is 12.1 Å². The van der Waals surface area contributed by atoms with Crippen molar-refractivity contribution in [2.45, 2.75) is 20.8 Å². The van der Waals surface area contributed by atoms with Crippen molar-refractivity contribution in [3.8, 4) is 0 Å². The van der Waals surface area contributed by atoms with Crippen LogP contribution in [0.1, 0.15) is 31.1 Å². The van der Waals surface area contributed by atoms with Gasteiger partial charge in [-0.25, -0.2) is 0 Å². The minimum Gasteiger partial charge on any atom is -0.396 e. The molecule has 1 aromatic rings. The van der Waals surface area contributed by atoms with Gasteiger partial charge < -0.3 is 10.4 Å². The van der Waals surface area contributed by atoms with Gasteiger partial charge in [-0.1, -0.05) is 26.0 Å². The van der Waals surface area contributed by atoms with Crippen LogP contribution < -0.4 is 5.32 Å². The summed E-state index contributed by atoms with van der Waals surface area (Å²) in [4.78, 5) is 11.2. The van der Waals surface area contributed by atoms with Gasteiger partial charge in [0.25, 0.3) is 0 Å². The third-order valence-electron chi connectivity index (χ3n) is 2.47. The molecule has 3 heteroatoms. The van der Waals surface area contributed by atoms with Gasteiger partial charge in [0.05, 0.1) is 0 Å². The van der Waals surface area contributed by atoms with Crippen LogP contribution in [-0.4, -0.2) is 24.0 Å². The highest BCUT2D eigenvalue weighted by molar-refractivity contribution is 5.94. The van der Waals surface area contributed by atoms with Crippen LogP contribution in [0.4, 0.5) is 5.69 Å². The number of ketones is 1. The van der Waals surface area contributed by atoms with Crippen LogP contribution >= 0.6 is 0 Å². The van der Waals surface area contributed by atoms with Crippen molar-refractivity contribution < 1.29 is 9.90 Å². The third kappa shape index (κ3) is 3.66. The molecule has 3 nitrogen and oxygen atoms in total. The molecule has 1 aromatic carbocycles. The van der Waals surface area contributed by atoms with Crippen LogP contribution in [0.15, 0.2) is 24.3 Å². The number of benzene rings is 1. The Morgan fingerprint density at radius 2 is 2.12 bits per heavy atom. The highest BCUT2D eigenvalue weighted by Crippen LogP contribution is 2.17. The van der Waals surface area contributed by atoms with Gasteiger partial charge in [-0.05, 0) is 19.1 Å². The maximum Gasteiger partial charge on any atom is 0.159 e. The molecule has 1 rings (SSSR count). The van der Waals surface area contributed by atoms with Crippen LogP contribution in [-0.2, 0) is 0 Å². The molecule has 0 fully saturated rings. The maximum atomic E-state index is 11.2. The fourth-order valence-corrected chi connectivity index (χ4v) is 1.25. The SMILES string of the molecule is CC(=O)c1cccc(NCC(C)(C)CO)c1. The Hall–Kier alpha value is -1.35. The molecule has 0 aliphatic heterocycles. The van der Waals surface area contributed by atoms with E-state index in [-0.39, 0.29) is 17.8 Å². The first-order valence-corrected chi connectivity index (χ1v) is 5.40. The molecule has 16 heavy (non-hydrogen) atoms. The Bertz CT molecular complexity index is 372. The lowest BCUT2D eigenvalue weighted by Crippen LogP contribution is -2.26. The molecule has 0 aromatic heterocycles. The Kier molecular flexibility index (Phi) is 4.07. The van der Waals surface area contributed by atoms with E-state index in [0.717, 1.165) is 5.69 Å². The number of aliphatic hydroxyl groups is 1. The van der Waals surface area contributed by atoms with E-state index in [1.807, 2.05) is 32.0 Å². The quantitative estimate of drug-likeness (QED) is 0.750. The van der Waals surface area contributed by atoms with E-state index in [2.05, 4.69) is 5.32 Å². The number of carbonyl (C=O) groups excluding carboxylic acids is 1. The molecule has 0 atom stereocenters. The second-order valence-electron chi connectivity index (χ2n) is 4.81. The fraction of sp³-hybridized carbons (Fsp3) is 0.462. The molecule has 0 saturated carbocycles. The summed E-state index contributed by atoms with van der Waals surface area (Å²) >= 11 is 0. The predicted molar refractivity (Wildman–Crippen MR) is 65.8 cm³/mol. The molecule has 0 amide bonds. The Morgan fingerprint density at radius 3 is 2.69 bits per heavy atom. The van der Waals surface area contributed by atoms with Crippen molar-refractivity contribution >= 4 is 11.5 Å². The molecule has 0 heterocycles. The Morgan fingerprint density at radius 1 is 1.44 bits per heavy atom. The minimum atomic E-state index is -0.160. The Labute approximate surface area is 96.5 Å². The highest BCUT2D eigenvalue weighted by atomic mass is 16.3. The first-order chi connectivity index (χ1) is 7.44. The molecule has 0 spiro atoms. The second kappa shape index (κ2) is 5.12. The van der Waals surface area contributed by atoms with Crippen molar-refractivity contribution in [1.29, 1.82) is 0 Å². The summed E-state index contributed by atoms with van der Waals surface area (Å²) in [5.74, 6) is 0.0602. The number of hydrogen-bond acceptors (Lipinski definition) is 3. The van der Waals surface area contributed by atoms with E-state index >= 15 is 0 Å². The smallest absolute Gasteiger partial charge is 0.159 e. The summed E-state index contributed by atoms with van der Waals surface area (Å²) in [6, 6.07) is 7.39. The van der Waals surface area contributed by atoms with Gasteiger partial charge in [0.1, 0.15) is 0 Å². The molecule has 0 aliphatic rings. The summed E-state index contributed by atoms with van der Waals surface area (Å²) in [6.07, 6.45) is 0. The number of anilines is 1. The van der Waals surface area contributed by atoms with Gasteiger partial charge in [-0.3, -0.25) is 4.79 Å². The first-order valence-electron chi connectivity index (χ1n) is 5.40. The maximum absolute atomic E-state index is 11.2. The third-order valence-corrected chi connectivity index (χ3v) is 2.47. The van der Waals surface area contributed by atoms with Crippen LogP contribution in [0.3, 0.4) is 0 Å². The highest BCUT2D eigenvalue weighted by Gasteiger charge is 2.15. The molecular weight excluding hydrogens is 202 g/mol. The largest absolute Gasteiger partial charge is 0.396 e. The zero-order valence-electron chi connectivity index (χ0n) is 10.1. The zero-order chi connectivity index (χ0) is 12.2. The van der Waals surface area contributed by atoms with Crippen LogP contribution in [0.5, 0.6) is 0 Å². The molecular formula is C13H19NO2. The second-order valence-corrected chi connectivity index (χ2v) is 4.81. The minimum absolute atomic E-state index is 0.0602. The van der Waals surface area contributed by atoms with Crippen LogP contribution in [0.25, 0.3) is 0 Å². The van der Waals surface area contributed by atoms with Crippen LogP contribution in [0.2, 0.25) is 0 Å². The zero-order valence-corrected chi connectivity index (χ0v) is 10.1. The van der Waals surface area contributed by atoms with E-state index < -0.39 is 0 Å². The molecule has 88 valence electrons. The van der Waals surface area contributed by atoms with E-state index in [1.54, 1.807) is 13.0 Å². The fourth-order valence-electron chi connectivity index (χ4n) is 1.25. The van der Waals surface area contributed by atoms with Crippen molar-refractivity contribution in [2.24, 2.45) is 5.41 Å². The van der Waals surface area contributed by atoms with E-state index in [1.165, 1.54) is 0 Å². The molecule has 0 saturated heterocycles. The van der Waals surface area contributed by atoms with Crippen molar-refractivity contribution in [3.05, 3.63) is 29.8 Å². The van der Waals surface area contributed by atoms with Gasteiger partial charge in [0.2, 0.25) is 0 Å². The number of aliphatic hydroxyl groups excluding tert-OH is 1. The monoisotopic (exact) mass is 221 g/mol. The van der Waals surface area contributed by atoms with Crippen molar-refractivity contribution in [2.75, 3.05) is 18.5 Å². The number of hydrogen-bond donors (Lipinski definition) is 2. The molecule has 2 N–H and O–H groups in total. The summed E-state index contributed by atoms with van der Waals surface area (Å²) < 4.78 is 0. The lowest BCUT2D eigenvalue weighted by molar-refractivity contribution is 0.101. The summed E-state index contributed by atoms with van der Waals surface area (Å²) in [5.41, 5.74) is 1.45. The summed E-state index contributed by atoms with van der Waals surface area (Å²) in [7, 11) is 0. The van der Waals surface area contributed by atoms with Crippen LogP contribution in [0, 0.1) is 5.41 Å². The van der Waals surface area contributed by atoms with Crippen molar-refractivity contribution in [1.82, 2.24) is 0 Å². The Balaban J connectivity index is 2.68. The topological polar surface area (TPSA) is 49.3 Å².